The van der Waals surface area contributed by atoms with Crippen LogP contribution in [0.2, 0.25) is 0 Å². The third kappa shape index (κ3) is 3.70. The Hall–Kier alpha value is -3.52. The maximum absolute atomic E-state index is 12.9. The molecule has 8 nitrogen and oxygen atoms in total. The van der Waals surface area contributed by atoms with Crippen LogP contribution in [-0.2, 0) is 16.1 Å². The van der Waals surface area contributed by atoms with Gasteiger partial charge in [0.25, 0.3) is 0 Å². The van der Waals surface area contributed by atoms with E-state index in [1.165, 1.54) is 6.33 Å². The first-order chi connectivity index (χ1) is 15.1. The minimum absolute atomic E-state index is 0.0787. The SMILES string of the molecule is C[C@H](NC(=O)[C@@H]1CC[C@H](Cn2cnc3c(N)ncnc32)O1)c1cccc2ccccc12. The number of nitrogens with one attached hydrogen (secondary N) is 1. The number of benzene rings is 2. The Morgan fingerprint density at radius 3 is 2.94 bits per heavy atom. The zero-order chi connectivity index (χ0) is 21.4. The molecule has 1 amide bonds. The first-order valence-corrected chi connectivity index (χ1v) is 10.4. The van der Waals surface area contributed by atoms with Gasteiger partial charge in [-0.2, -0.15) is 0 Å². The molecule has 0 saturated carbocycles. The molecular weight excluding hydrogens is 392 g/mol. The van der Waals surface area contributed by atoms with Crippen molar-refractivity contribution >= 4 is 33.7 Å². The van der Waals surface area contributed by atoms with Gasteiger partial charge in [0.2, 0.25) is 5.91 Å². The lowest BCUT2D eigenvalue weighted by atomic mass is 9.99. The minimum Gasteiger partial charge on any atom is -0.382 e. The number of imidazole rings is 1. The van der Waals surface area contributed by atoms with Gasteiger partial charge in [-0.15, -0.1) is 0 Å². The Kier molecular flexibility index (Phi) is 4.99. The number of carbonyl (C=O) groups excluding carboxylic acids is 1. The van der Waals surface area contributed by atoms with Gasteiger partial charge in [0.1, 0.15) is 17.9 Å². The van der Waals surface area contributed by atoms with E-state index in [9.17, 15) is 4.79 Å². The van der Waals surface area contributed by atoms with Crippen molar-refractivity contribution in [2.45, 2.75) is 44.6 Å². The van der Waals surface area contributed by atoms with E-state index in [2.05, 4.69) is 44.5 Å². The molecule has 5 rings (SSSR count). The van der Waals surface area contributed by atoms with Crippen LogP contribution < -0.4 is 11.1 Å². The zero-order valence-corrected chi connectivity index (χ0v) is 17.2. The summed E-state index contributed by atoms with van der Waals surface area (Å²) < 4.78 is 7.96. The Morgan fingerprint density at radius 1 is 1.19 bits per heavy atom. The fourth-order valence-corrected chi connectivity index (χ4v) is 4.30. The van der Waals surface area contributed by atoms with Crippen LogP contribution >= 0.6 is 0 Å². The Bertz CT molecular complexity index is 1250. The molecule has 4 aromatic rings. The van der Waals surface area contributed by atoms with E-state index in [1.54, 1.807) is 6.33 Å². The number of hydrogen-bond acceptors (Lipinski definition) is 6. The van der Waals surface area contributed by atoms with Crippen LogP contribution in [0.4, 0.5) is 5.82 Å². The van der Waals surface area contributed by atoms with E-state index in [0.29, 0.717) is 29.9 Å². The average Bonchev–Trinajstić information content (AvgIpc) is 3.42. The molecule has 1 fully saturated rings. The van der Waals surface area contributed by atoms with Crippen molar-refractivity contribution in [2.24, 2.45) is 0 Å². The summed E-state index contributed by atoms with van der Waals surface area (Å²) in [5.41, 5.74) is 8.21. The summed E-state index contributed by atoms with van der Waals surface area (Å²) >= 11 is 0. The lowest BCUT2D eigenvalue weighted by Gasteiger charge is -2.20. The van der Waals surface area contributed by atoms with Crippen LogP contribution in [0.1, 0.15) is 31.4 Å². The fraction of sp³-hybridized carbons (Fsp3) is 0.304. The van der Waals surface area contributed by atoms with Crippen LogP contribution in [0.5, 0.6) is 0 Å². The van der Waals surface area contributed by atoms with E-state index in [-0.39, 0.29) is 18.1 Å². The highest BCUT2D eigenvalue weighted by Gasteiger charge is 2.32. The first-order valence-electron chi connectivity index (χ1n) is 10.4. The molecule has 3 atom stereocenters. The predicted octanol–water partition coefficient (Wildman–Crippen LogP) is 2.99. The van der Waals surface area contributed by atoms with Gasteiger partial charge in [-0.05, 0) is 36.1 Å². The highest BCUT2D eigenvalue weighted by molar-refractivity contribution is 5.87. The summed E-state index contributed by atoms with van der Waals surface area (Å²) in [5.74, 6) is 0.278. The smallest absolute Gasteiger partial charge is 0.249 e. The van der Waals surface area contributed by atoms with Crippen molar-refractivity contribution < 1.29 is 9.53 Å². The summed E-state index contributed by atoms with van der Waals surface area (Å²) in [5, 5.41) is 5.44. The topological polar surface area (TPSA) is 108 Å². The molecule has 2 aromatic carbocycles. The summed E-state index contributed by atoms with van der Waals surface area (Å²) in [6, 6.07) is 14.2. The Balaban J connectivity index is 1.24. The third-order valence-corrected chi connectivity index (χ3v) is 5.88. The van der Waals surface area contributed by atoms with Gasteiger partial charge in [0, 0.05) is 0 Å². The molecule has 3 heterocycles. The van der Waals surface area contributed by atoms with Gasteiger partial charge in [-0.25, -0.2) is 15.0 Å². The van der Waals surface area contributed by atoms with Crippen LogP contribution in [0.15, 0.2) is 55.1 Å². The van der Waals surface area contributed by atoms with Crippen molar-refractivity contribution in [3.63, 3.8) is 0 Å². The predicted molar refractivity (Wildman–Crippen MR) is 118 cm³/mol. The molecular formula is C23H24N6O2. The van der Waals surface area contributed by atoms with Crippen LogP contribution in [0.3, 0.4) is 0 Å². The van der Waals surface area contributed by atoms with Gasteiger partial charge in [-0.3, -0.25) is 4.79 Å². The quantitative estimate of drug-likeness (QED) is 0.518. The summed E-state index contributed by atoms with van der Waals surface area (Å²) in [7, 11) is 0. The van der Waals surface area contributed by atoms with E-state index in [1.807, 2.05) is 29.7 Å². The molecule has 0 radical (unpaired) electrons. The largest absolute Gasteiger partial charge is 0.382 e. The van der Waals surface area contributed by atoms with Crippen LogP contribution in [0, 0.1) is 0 Å². The van der Waals surface area contributed by atoms with Crippen molar-refractivity contribution in [2.75, 3.05) is 5.73 Å². The second-order valence-electron chi connectivity index (χ2n) is 7.95. The molecule has 3 N–H and O–H groups in total. The van der Waals surface area contributed by atoms with Gasteiger partial charge in [0.05, 0.1) is 25.0 Å². The number of aromatic nitrogens is 4. The number of nitrogen functional groups attached to an aromatic ring is 1. The number of anilines is 1. The standard InChI is InChI=1S/C23H24N6O2/c1-14(17-8-4-6-15-5-2-3-7-18(15)17)28-23(30)19-10-9-16(31-19)11-29-13-27-20-21(24)25-12-26-22(20)29/h2-8,12-14,16,19H,9-11H2,1H3,(H,28,30)(H2,24,25,26)/t14-,16+,19-/m0/s1. The maximum atomic E-state index is 12.9. The second kappa shape index (κ2) is 7.96. The lowest BCUT2D eigenvalue weighted by molar-refractivity contribution is -0.133. The van der Waals surface area contributed by atoms with Gasteiger partial charge >= 0.3 is 0 Å². The monoisotopic (exact) mass is 416 g/mol. The number of fused-ring (bicyclic) bond motifs is 2. The third-order valence-electron chi connectivity index (χ3n) is 5.88. The van der Waals surface area contributed by atoms with Gasteiger partial charge in [0.15, 0.2) is 11.5 Å². The van der Waals surface area contributed by atoms with Crippen LogP contribution in [0.25, 0.3) is 21.9 Å². The van der Waals surface area contributed by atoms with Crippen molar-refractivity contribution in [1.82, 2.24) is 24.8 Å². The molecule has 1 aliphatic heterocycles. The van der Waals surface area contributed by atoms with Crippen molar-refractivity contribution in [3.8, 4) is 0 Å². The summed E-state index contributed by atoms with van der Waals surface area (Å²) in [6.45, 7) is 2.57. The molecule has 158 valence electrons. The van der Waals surface area contributed by atoms with Crippen molar-refractivity contribution in [3.05, 3.63) is 60.7 Å². The number of ether oxygens (including phenoxy) is 1. The highest BCUT2D eigenvalue weighted by Crippen LogP contribution is 2.26. The van der Waals surface area contributed by atoms with E-state index in [0.717, 1.165) is 22.8 Å². The molecule has 0 spiro atoms. The summed E-state index contributed by atoms with van der Waals surface area (Å²) in [6.07, 6.45) is 4.04. The molecule has 1 saturated heterocycles. The lowest BCUT2D eigenvalue weighted by Crippen LogP contribution is -2.36. The van der Waals surface area contributed by atoms with Gasteiger partial charge < -0.3 is 20.4 Å². The molecule has 8 heteroatoms. The number of nitrogens with two attached hydrogens (primary N) is 1. The van der Waals surface area contributed by atoms with E-state index < -0.39 is 6.10 Å². The molecule has 2 aromatic heterocycles. The Morgan fingerprint density at radius 2 is 2.03 bits per heavy atom. The number of carbonyl (C=O) groups is 1. The number of amides is 1. The number of nitrogens with zero attached hydrogens (tertiary/aromatic N) is 4. The molecule has 0 unspecified atom stereocenters. The van der Waals surface area contributed by atoms with E-state index in [4.69, 9.17) is 10.5 Å². The average molecular weight is 416 g/mol. The zero-order valence-electron chi connectivity index (χ0n) is 17.2. The maximum Gasteiger partial charge on any atom is 0.249 e. The van der Waals surface area contributed by atoms with E-state index >= 15 is 0 Å². The molecule has 0 aliphatic carbocycles. The van der Waals surface area contributed by atoms with Crippen LogP contribution in [-0.4, -0.2) is 37.6 Å². The highest BCUT2D eigenvalue weighted by atomic mass is 16.5. The minimum atomic E-state index is -0.461. The summed E-state index contributed by atoms with van der Waals surface area (Å²) in [4.78, 5) is 25.4. The fourth-order valence-electron chi connectivity index (χ4n) is 4.30. The van der Waals surface area contributed by atoms with Crippen molar-refractivity contribution in [1.29, 1.82) is 0 Å². The number of rotatable bonds is 5. The molecule has 31 heavy (non-hydrogen) atoms. The number of hydrogen-bond donors (Lipinski definition) is 2. The molecule has 0 bridgehead atoms. The second-order valence-corrected chi connectivity index (χ2v) is 7.95. The normalized spacial score (nSPS) is 19.6. The first kappa shape index (κ1) is 19.4. The molecule has 1 aliphatic rings. The Labute approximate surface area is 179 Å². The van der Waals surface area contributed by atoms with Gasteiger partial charge in [-0.1, -0.05) is 42.5 Å².